The number of ether oxygens (including phenoxy) is 1. The maximum Gasteiger partial charge on any atom is 0.209 e. The summed E-state index contributed by atoms with van der Waals surface area (Å²) in [6, 6.07) is 0. The average Bonchev–Trinajstić information content (AvgIpc) is 2.98. The number of carbonyl (C=O) groups excluding carboxylic acids is 3. The Morgan fingerprint density at radius 3 is 1.84 bits per heavy atom. The summed E-state index contributed by atoms with van der Waals surface area (Å²) in [4.78, 5) is 37.8. The molecule has 1 aromatic heterocycles. The minimum absolute atomic E-state index is 0.00337. The van der Waals surface area contributed by atoms with Gasteiger partial charge < -0.3 is 25.5 Å². The van der Waals surface area contributed by atoms with Gasteiger partial charge in [0.15, 0.2) is 0 Å². The quantitative estimate of drug-likeness (QED) is 0.224. The molecule has 2 heterocycles. The summed E-state index contributed by atoms with van der Waals surface area (Å²) in [6.07, 6.45) is 8.99. The van der Waals surface area contributed by atoms with Gasteiger partial charge in [0.1, 0.15) is 18.4 Å². The van der Waals surface area contributed by atoms with Crippen molar-refractivity contribution in [1.29, 1.82) is 0 Å². The van der Waals surface area contributed by atoms with Crippen LogP contribution in [0.25, 0.3) is 0 Å². The number of primary amides is 1. The standard InChI is InChI=1S/C13H23N3S.C8H15NO.C5H12O.C5H12.C2H6.CH3NO.CH2O/c1-10-9-15-12(13(2,3)4)16-11(10)14-7-6-8-17-5;1-7-3-8(2)5-9(4-7)6-10;1-5(2,3)6-4;1-4-5(2)3;1-2;2-1-3;1-2/h9H,6-8H2,1-5H3,(H,14,15,16);6-8H,3-5H2,1-2H3;1-4H3;5H,4H2,1-3H3;1-2H3;1H,(H2,2,3);1H2/t;7-,8+;;;;;. The van der Waals surface area contributed by atoms with Crippen LogP contribution in [0.1, 0.15) is 121 Å². The van der Waals surface area contributed by atoms with Gasteiger partial charge in [0.05, 0.1) is 5.60 Å². The molecule has 1 aliphatic heterocycles. The van der Waals surface area contributed by atoms with Crippen LogP contribution in [0, 0.1) is 24.7 Å². The van der Waals surface area contributed by atoms with Crippen LogP contribution in [0.15, 0.2) is 6.20 Å². The fourth-order valence-electron chi connectivity index (χ4n) is 3.20. The number of carbonyl (C=O) groups is 3. The second-order valence-electron chi connectivity index (χ2n) is 13.0. The summed E-state index contributed by atoms with van der Waals surface area (Å²) in [5.74, 6) is 5.32. The van der Waals surface area contributed by atoms with Crippen molar-refractivity contribution < 1.29 is 19.1 Å². The van der Waals surface area contributed by atoms with Gasteiger partial charge in [0.25, 0.3) is 0 Å². The Hall–Kier alpha value is -2.20. The van der Waals surface area contributed by atoms with Crippen LogP contribution < -0.4 is 11.1 Å². The molecule has 1 fully saturated rings. The molecular formula is C35H73N5O4S. The molecule has 268 valence electrons. The van der Waals surface area contributed by atoms with Crippen molar-refractivity contribution in [2.45, 2.75) is 127 Å². The van der Waals surface area contributed by atoms with Gasteiger partial charge in [-0.05, 0) is 70.3 Å². The summed E-state index contributed by atoms with van der Waals surface area (Å²) in [7, 11) is 1.71. The number of amides is 2. The molecule has 2 atom stereocenters. The first-order chi connectivity index (χ1) is 20.9. The molecule has 2 rings (SSSR count). The number of aryl methyl sites for hydroxylation is 1. The van der Waals surface area contributed by atoms with E-state index in [2.05, 4.69) is 82.7 Å². The van der Waals surface area contributed by atoms with Crippen molar-refractivity contribution in [2.75, 3.05) is 44.1 Å². The van der Waals surface area contributed by atoms with Gasteiger partial charge >= 0.3 is 0 Å². The first kappa shape index (κ1) is 52.3. The van der Waals surface area contributed by atoms with E-state index in [-0.39, 0.29) is 17.4 Å². The predicted octanol–water partition coefficient (Wildman–Crippen LogP) is 7.79. The molecule has 0 aliphatic carbocycles. The summed E-state index contributed by atoms with van der Waals surface area (Å²) in [5.41, 5.74) is 5.32. The molecule has 10 heteroatoms. The predicted molar refractivity (Wildman–Crippen MR) is 198 cm³/mol. The molecular weight excluding hydrogens is 586 g/mol. The Morgan fingerprint density at radius 2 is 1.53 bits per heavy atom. The van der Waals surface area contributed by atoms with Crippen LogP contribution in [0.4, 0.5) is 5.82 Å². The highest BCUT2D eigenvalue weighted by atomic mass is 32.2. The van der Waals surface area contributed by atoms with Gasteiger partial charge in [-0.1, -0.05) is 75.7 Å². The highest BCUT2D eigenvalue weighted by Crippen LogP contribution is 2.21. The first-order valence-electron chi connectivity index (χ1n) is 16.2. The lowest BCUT2D eigenvalue weighted by atomic mass is 9.92. The summed E-state index contributed by atoms with van der Waals surface area (Å²) < 4.78 is 4.94. The second-order valence-corrected chi connectivity index (χ2v) is 14.0. The number of likely N-dealkylation sites (tertiary alicyclic amines) is 1. The third kappa shape index (κ3) is 37.9. The first-order valence-corrected chi connectivity index (χ1v) is 17.6. The van der Waals surface area contributed by atoms with E-state index in [1.165, 1.54) is 18.6 Å². The fraction of sp³-hybridized carbons (Fsp3) is 0.800. The molecule has 9 nitrogen and oxygen atoms in total. The van der Waals surface area contributed by atoms with Gasteiger partial charge in [-0.25, -0.2) is 9.97 Å². The fourth-order valence-corrected chi connectivity index (χ4v) is 3.64. The third-order valence-electron chi connectivity index (χ3n) is 5.94. The van der Waals surface area contributed by atoms with E-state index in [9.17, 15) is 4.79 Å². The molecule has 0 unspecified atom stereocenters. The normalized spacial score (nSPS) is 15.1. The number of nitrogens with one attached hydrogen (secondary N) is 1. The van der Waals surface area contributed by atoms with Gasteiger partial charge in [-0.3, -0.25) is 9.59 Å². The van der Waals surface area contributed by atoms with Gasteiger partial charge in [0, 0.05) is 43.9 Å². The molecule has 0 bridgehead atoms. The van der Waals surface area contributed by atoms with Crippen LogP contribution in [0.5, 0.6) is 0 Å². The number of aromatic nitrogens is 2. The molecule has 1 saturated heterocycles. The number of thioether (sulfide) groups is 1. The summed E-state index contributed by atoms with van der Waals surface area (Å²) in [5, 5.41) is 3.40. The van der Waals surface area contributed by atoms with Crippen molar-refractivity contribution in [2.24, 2.45) is 23.5 Å². The van der Waals surface area contributed by atoms with Crippen molar-refractivity contribution >= 4 is 37.2 Å². The van der Waals surface area contributed by atoms with Crippen LogP contribution in [0.3, 0.4) is 0 Å². The zero-order valence-corrected chi connectivity index (χ0v) is 32.9. The number of nitrogens with zero attached hydrogens (tertiary/aromatic N) is 3. The molecule has 45 heavy (non-hydrogen) atoms. The van der Waals surface area contributed by atoms with Crippen LogP contribution in [-0.4, -0.2) is 78.8 Å². The number of anilines is 1. The minimum atomic E-state index is 0.00337. The Kier molecular flexibility index (Phi) is 38.6. The summed E-state index contributed by atoms with van der Waals surface area (Å²) in [6.45, 7) is 34.4. The van der Waals surface area contributed by atoms with E-state index in [0.29, 0.717) is 11.8 Å². The Balaban J connectivity index is -0.000000162. The number of hydrogen-bond donors (Lipinski definition) is 2. The van der Waals surface area contributed by atoms with E-state index >= 15 is 0 Å². The molecule has 3 N–H and O–H groups in total. The third-order valence-corrected chi connectivity index (χ3v) is 6.63. The monoisotopic (exact) mass is 660 g/mol. The average molecular weight is 660 g/mol. The van der Waals surface area contributed by atoms with Crippen LogP contribution >= 0.6 is 11.8 Å². The Bertz CT molecular complexity index is 789. The maximum absolute atomic E-state index is 10.4. The maximum atomic E-state index is 10.4. The van der Waals surface area contributed by atoms with Crippen LogP contribution in [0.2, 0.25) is 0 Å². The Labute approximate surface area is 283 Å². The highest BCUT2D eigenvalue weighted by Gasteiger charge is 2.20. The Morgan fingerprint density at radius 1 is 1.11 bits per heavy atom. The highest BCUT2D eigenvalue weighted by molar-refractivity contribution is 7.98. The van der Waals surface area contributed by atoms with E-state index < -0.39 is 0 Å². The van der Waals surface area contributed by atoms with Crippen molar-refractivity contribution in [1.82, 2.24) is 14.9 Å². The lowest BCUT2D eigenvalue weighted by Crippen LogP contribution is -2.37. The zero-order valence-electron chi connectivity index (χ0n) is 32.1. The largest absolute Gasteiger partial charge is 0.379 e. The SMILES string of the molecule is C=O.CC.CCC(C)C.COC(C)(C)C.CSCCCNc1nc(C(C)(C)C)ncc1C.C[C@@H]1C[C@H](C)CN(C=O)C1.NC=O. The van der Waals surface area contributed by atoms with Gasteiger partial charge in [-0.15, -0.1) is 0 Å². The van der Waals surface area contributed by atoms with Crippen molar-refractivity contribution in [3.05, 3.63) is 17.6 Å². The van der Waals surface area contributed by atoms with Crippen LogP contribution in [-0.2, 0) is 24.5 Å². The number of nitrogens with two attached hydrogens (primary N) is 1. The molecule has 0 radical (unpaired) electrons. The minimum Gasteiger partial charge on any atom is -0.379 e. The molecule has 2 amide bonds. The van der Waals surface area contributed by atoms with Gasteiger partial charge in [-0.2, -0.15) is 11.8 Å². The molecule has 1 aromatic rings. The topological polar surface area (TPSA) is 128 Å². The molecule has 0 saturated carbocycles. The molecule has 0 spiro atoms. The van der Waals surface area contributed by atoms with E-state index in [1.54, 1.807) is 7.11 Å². The number of hydrogen-bond acceptors (Lipinski definition) is 8. The number of methoxy groups -OCH3 is 1. The van der Waals surface area contributed by atoms with Crippen molar-refractivity contribution in [3.8, 4) is 0 Å². The lowest BCUT2D eigenvalue weighted by molar-refractivity contribution is -0.120. The van der Waals surface area contributed by atoms with Crippen molar-refractivity contribution in [3.63, 3.8) is 0 Å². The van der Waals surface area contributed by atoms with E-state index in [1.807, 2.05) is 71.2 Å². The smallest absolute Gasteiger partial charge is 0.209 e. The summed E-state index contributed by atoms with van der Waals surface area (Å²) >= 11 is 1.88. The number of rotatable bonds is 7. The zero-order chi connectivity index (χ0) is 36.6. The molecule has 0 aromatic carbocycles. The van der Waals surface area contributed by atoms with E-state index in [0.717, 1.165) is 55.6 Å². The van der Waals surface area contributed by atoms with Gasteiger partial charge in [0.2, 0.25) is 12.8 Å². The lowest BCUT2D eigenvalue weighted by Gasteiger charge is -2.32. The molecule has 1 aliphatic rings. The van der Waals surface area contributed by atoms with E-state index in [4.69, 9.17) is 14.3 Å². The second kappa shape index (κ2) is 33.2. The number of piperidine rings is 1.